The number of nitrogen functional groups attached to an aromatic ring is 1. The van der Waals surface area contributed by atoms with Gasteiger partial charge in [0, 0.05) is 24.9 Å². The molecule has 1 heterocycles. The molecule has 1 fully saturated rings. The Hall–Kier alpha value is -1.82. The summed E-state index contributed by atoms with van der Waals surface area (Å²) < 4.78 is 5.44. The molecule has 1 aromatic rings. The molecule has 0 bridgehead atoms. The Morgan fingerprint density at radius 2 is 2.41 bits per heavy atom. The minimum Gasteiger partial charge on any atom is -0.399 e. The second-order valence-corrected chi connectivity index (χ2v) is 4.05. The zero-order valence-electron chi connectivity index (χ0n) is 9.39. The largest absolute Gasteiger partial charge is 0.399 e. The van der Waals surface area contributed by atoms with Crippen molar-refractivity contribution < 1.29 is 9.66 Å². The smallest absolute Gasteiger partial charge is 0.294 e. The Labute approximate surface area is 98.9 Å². The van der Waals surface area contributed by atoms with E-state index in [2.05, 4.69) is 5.32 Å². The number of benzene rings is 1. The summed E-state index contributed by atoms with van der Waals surface area (Å²) >= 11 is 0. The number of nitro benzene ring substituents is 1. The van der Waals surface area contributed by atoms with Crippen molar-refractivity contribution in [3.8, 4) is 0 Å². The van der Waals surface area contributed by atoms with E-state index in [0.29, 0.717) is 17.9 Å². The van der Waals surface area contributed by atoms with Crippen LogP contribution in [0.15, 0.2) is 18.2 Å². The van der Waals surface area contributed by atoms with Gasteiger partial charge in [0.05, 0.1) is 11.0 Å². The minimum atomic E-state index is -0.436. The highest BCUT2D eigenvalue weighted by atomic mass is 16.6. The molecule has 1 aliphatic heterocycles. The minimum absolute atomic E-state index is 0.00277. The molecule has 92 valence electrons. The lowest BCUT2D eigenvalue weighted by atomic mass is 10.2. The standard InChI is InChI=1S/C11H15N3O3/c12-8-3-4-10(11(6-8)14(15)16)13-7-9-2-1-5-17-9/h3-4,6,9,13H,1-2,5,7,12H2. The molecular formula is C11H15N3O3. The predicted octanol–water partition coefficient (Wildman–Crippen LogP) is 1.77. The Kier molecular flexibility index (Phi) is 3.43. The van der Waals surface area contributed by atoms with Gasteiger partial charge < -0.3 is 15.8 Å². The van der Waals surface area contributed by atoms with Crippen molar-refractivity contribution in [3.63, 3.8) is 0 Å². The molecule has 0 spiro atoms. The molecule has 1 saturated heterocycles. The van der Waals surface area contributed by atoms with Gasteiger partial charge >= 0.3 is 0 Å². The Morgan fingerprint density at radius 3 is 3.06 bits per heavy atom. The monoisotopic (exact) mass is 237 g/mol. The van der Waals surface area contributed by atoms with Crippen LogP contribution in [0.5, 0.6) is 0 Å². The van der Waals surface area contributed by atoms with Crippen molar-refractivity contribution in [1.82, 2.24) is 0 Å². The van der Waals surface area contributed by atoms with E-state index >= 15 is 0 Å². The second-order valence-electron chi connectivity index (χ2n) is 4.05. The Balaban J connectivity index is 2.06. The Bertz CT molecular complexity index is 416. The van der Waals surface area contributed by atoms with Gasteiger partial charge in [0.25, 0.3) is 5.69 Å². The first-order chi connectivity index (χ1) is 8.16. The molecule has 0 amide bonds. The van der Waals surface area contributed by atoms with Crippen LogP contribution in [0, 0.1) is 10.1 Å². The van der Waals surface area contributed by atoms with Crippen molar-refractivity contribution in [3.05, 3.63) is 28.3 Å². The zero-order chi connectivity index (χ0) is 12.3. The third-order valence-electron chi connectivity index (χ3n) is 2.76. The van der Waals surface area contributed by atoms with Crippen LogP contribution in [0.2, 0.25) is 0 Å². The molecule has 1 unspecified atom stereocenters. The predicted molar refractivity (Wildman–Crippen MR) is 65.0 cm³/mol. The first-order valence-corrected chi connectivity index (χ1v) is 5.56. The van der Waals surface area contributed by atoms with Crippen LogP contribution in [0.4, 0.5) is 17.1 Å². The molecule has 1 atom stereocenters. The number of hydrogen-bond donors (Lipinski definition) is 2. The molecule has 1 aromatic carbocycles. The zero-order valence-corrected chi connectivity index (χ0v) is 9.39. The summed E-state index contributed by atoms with van der Waals surface area (Å²) in [5.74, 6) is 0. The van der Waals surface area contributed by atoms with Crippen LogP contribution >= 0.6 is 0 Å². The van der Waals surface area contributed by atoms with E-state index in [0.717, 1.165) is 19.4 Å². The van der Waals surface area contributed by atoms with E-state index in [9.17, 15) is 10.1 Å². The number of nitrogens with two attached hydrogens (primary N) is 1. The van der Waals surface area contributed by atoms with Gasteiger partial charge in [-0.1, -0.05) is 0 Å². The van der Waals surface area contributed by atoms with Crippen LogP contribution in [0.1, 0.15) is 12.8 Å². The fourth-order valence-electron chi connectivity index (χ4n) is 1.88. The molecule has 0 saturated carbocycles. The summed E-state index contributed by atoms with van der Waals surface area (Å²) in [7, 11) is 0. The number of nitrogens with zero attached hydrogens (tertiary/aromatic N) is 1. The molecule has 0 radical (unpaired) electrons. The summed E-state index contributed by atoms with van der Waals surface area (Å²) in [5, 5.41) is 13.9. The van der Waals surface area contributed by atoms with E-state index < -0.39 is 4.92 Å². The number of hydrogen-bond acceptors (Lipinski definition) is 5. The highest BCUT2D eigenvalue weighted by molar-refractivity contribution is 5.66. The van der Waals surface area contributed by atoms with Crippen molar-refractivity contribution in [2.45, 2.75) is 18.9 Å². The maximum Gasteiger partial charge on any atom is 0.294 e. The molecular weight excluding hydrogens is 222 g/mol. The highest BCUT2D eigenvalue weighted by Gasteiger charge is 2.18. The van der Waals surface area contributed by atoms with Gasteiger partial charge in [-0.05, 0) is 25.0 Å². The molecule has 17 heavy (non-hydrogen) atoms. The molecule has 2 rings (SSSR count). The van der Waals surface area contributed by atoms with Crippen LogP contribution in [-0.2, 0) is 4.74 Å². The molecule has 0 aliphatic carbocycles. The topological polar surface area (TPSA) is 90.4 Å². The second kappa shape index (κ2) is 5.01. The van der Waals surface area contributed by atoms with Crippen molar-refractivity contribution in [2.24, 2.45) is 0 Å². The quantitative estimate of drug-likeness (QED) is 0.473. The fourth-order valence-corrected chi connectivity index (χ4v) is 1.88. The summed E-state index contributed by atoms with van der Waals surface area (Å²) in [6.45, 7) is 1.36. The van der Waals surface area contributed by atoms with Gasteiger partial charge in [0.15, 0.2) is 0 Å². The van der Waals surface area contributed by atoms with Crippen molar-refractivity contribution in [1.29, 1.82) is 0 Å². The van der Waals surface area contributed by atoms with Gasteiger partial charge in [-0.3, -0.25) is 10.1 Å². The van der Waals surface area contributed by atoms with Crippen LogP contribution < -0.4 is 11.1 Å². The van der Waals surface area contributed by atoms with Crippen LogP contribution in [-0.4, -0.2) is 24.2 Å². The maximum absolute atomic E-state index is 10.8. The lowest BCUT2D eigenvalue weighted by Crippen LogP contribution is -2.18. The average molecular weight is 237 g/mol. The first-order valence-electron chi connectivity index (χ1n) is 5.56. The Morgan fingerprint density at radius 1 is 1.59 bits per heavy atom. The van der Waals surface area contributed by atoms with Crippen molar-refractivity contribution in [2.75, 3.05) is 24.2 Å². The first kappa shape index (κ1) is 11.7. The third kappa shape index (κ3) is 2.85. The average Bonchev–Trinajstić information content (AvgIpc) is 2.80. The van der Waals surface area contributed by atoms with Crippen molar-refractivity contribution >= 4 is 17.1 Å². The molecule has 6 heteroatoms. The molecule has 1 aliphatic rings. The van der Waals surface area contributed by atoms with Gasteiger partial charge in [0.2, 0.25) is 0 Å². The SMILES string of the molecule is Nc1ccc(NCC2CCCO2)c([N+](=O)[O-])c1. The molecule has 6 nitrogen and oxygen atoms in total. The summed E-state index contributed by atoms with van der Waals surface area (Å²) in [4.78, 5) is 10.4. The summed E-state index contributed by atoms with van der Waals surface area (Å²) in [6, 6.07) is 4.63. The molecule has 0 aromatic heterocycles. The van der Waals surface area contributed by atoms with E-state index in [1.165, 1.54) is 6.07 Å². The lowest BCUT2D eigenvalue weighted by Gasteiger charge is -2.12. The van der Waals surface area contributed by atoms with E-state index in [1.54, 1.807) is 12.1 Å². The normalized spacial score (nSPS) is 19.2. The van der Waals surface area contributed by atoms with Gasteiger partial charge in [-0.15, -0.1) is 0 Å². The number of rotatable bonds is 4. The summed E-state index contributed by atoms with van der Waals surface area (Å²) in [6.07, 6.45) is 2.19. The summed E-state index contributed by atoms with van der Waals surface area (Å²) in [5.41, 5.74) is 6.40. The van der Waals surface area contributed by atoms with Gasteiger partial charge in [-0.25, -0.2) is 0 Å². The van der Waals surface area contributed by atoms with E-state index in [1.807, 2.05) is 0 Å². The number of nitrogens with one attached hydrogen (secondary N) is 1. The lowest BCUT2D eigenvalue weighted by molar-refractivity contribution is -0.383. The maximum atomic E-state index is 10.8. The highest BCUT2D eigenvalue weighted by Crippen LogP contribution is 2.27. The number of nitro groups is 1. The van der Waals surface area contributed by atoms with E-state index in [4.69, 9.17) is 10.5 Å². The van der Waals surface area contributed by atoms with Gasteiger partial charge in [0.1, 0.15) is 5.69 Å². The van der Waals surface area contributed by atoms with E-state index in [-0.39, 0.29) is 11.8 Å². The van der Waals surface area contributed by atoms with Crippen LogP contribution in [0.3, 0.4) is 0 Å². The van der Waals surface area contributed by atoms with Gasteiger partial charge in [-0.2, -0.15) is 0 Å². The molecule has 3 N–H and O–H groups in total. The van der Waals surface area contributed by atoms with Crippen LogP contribution in [0.25, 0.3) is 0 Å². The third-order valence-corrected chi connectivity index (χ3v) is 2.76. The number of anilines is 2. The fraction of sp³-hybridized carbons (Fsp3) is 0.455. The number of ether oxygens (including phenoxy) is 1.